The molecule has 0 unspecified atom stereocenters. The fourth-order valence-corrected chi connectivity index (χ4v) is 2.81. The molecule has 0 saturated carbocycles. The topological polar surface area (TPSA) is 84.9 Å². The van der Waals surface area contributed by atoms with Crippen molar-refractivity contribution < 1.29 is 23.9 Å². The van der Waals surface area contributed by atoms with E-state index in [1.165, 1.54) is 11.0 Å². The Morgan fingerprint density at radius 1 is 1.15 bits per heavy atom. The van der Waals surface area contributed by atoms with Crippen LogP contribution in [0.5, 0.6) is 0 Å². The van der Waals surface area contributed by atoms with Crippen LogP contribution in [-0.2, 0) is 20.8 Å². The van der Waals surface area contributed by atoms with Crippen molar-refractivity contribution in [3.05, 3.63) is 52.2 Å². The van der Waals surface area contributed by atoms with Gasteiger partial charge in [-0.15, -0.1) is 11.3 Å². The Labute approximate surface area is 155 Å². The van der Waals surface area contributed by atoms with E-state index in [0.29, 0.717) is 12.2 Å². The molecule has 7 nitrogen and oxygen atoms in total. The maximum Gasteiger partial charge on any atom is 0.411 e. The molecule has 0 aliphatic rings. The molecule has 8 heteroatoms. The summed E-state index contributed by atoms with van der Waals surface area (Å²) in [5.74, 6) is -0.942. The highest BCUT2D eigenvalue weighted by Crippen LogP contribution is 2.13. The van der Waals surface area contributed by atoms with Crippen LogP contribution >= 0.6 is 11.3 Å². The number of amides is 2. The molecule has 2 amide bonds. The van der Waals surface area contributed by atoms with Crippen LogP contribution in [0, 0.1) is 0 Å². The van der Waals surface area contributed by atoms with Crippen molar-refractivity contribution in [3.8, 4) is 0 Å². The Balaban J connectivity index is 1.87. The second-order valence-electron chi connectivity index (χ2n) is 5.33. The summed E-state index contributed by atoms with van der Waals surface area (Å²) in [5, 5.41) is 4.44. The lowest BCUT2D eigenvalue weighted by atomic mass is 10.2. The Morgan fingerprint density at radius 2 is 1.96 bits per heavy atom. The summed E-state index contributed by atoms with van der Waals surface area (Å²) in [6.45, 7) is 2.05. The number of nitrogens with one attached hydrogen (secondary N) is 1. The van der Waals surface area contributed by atoms with Crippen molar-refractivity contribution in [1.29, 1.82) is 0 Å². The van der Waals surface area contributed by atoms with E-state index in [4.69, 9.17) is 9.47 Å². The molecule has 0 atom stereocenters. The van der Waals surface area contributed by atoms with Crippen LogP contribution in [0.4, 0.5) is 10.5 Å². The number of ether oxygens (including phenoxy) is 2. The number of thiophene rings is 1. The zero-order valence-corrected chi connectivity index (χ0v) is 15.4. The van der Waals surface area contributed by atoms with Crippen molar-refractivity contribution in [2.75, 3.05) is 25.6 Å². The molecule has 1 aromatic heterocycles. The van der Waals surface area contributed by atoms with E-state index in [-0.39, 0.29) is 24.7 Å². The van der Waals surface area contributed by atoms with E-state index in [2.05, 4.69) is 5.32 Å². The third-order valence-corrected chi connectivity index (χ3v) is 4.21. The Kier molecular flexibility index (Phi) is 7.16. The minimum atomic E-state index is -0.643. The fourth-order valence-electron chi connectivity index (χ4n) is 2.05. The van der Waals surface area contributed by atoms with E-state index in [1.807, 2.05) is 17.5 Å². The van der Waals surface area contributed by atoms with Gasteiger partial charge in [-0.1, -0.05) is 12.1 Å². The second kappa shape index (κ2) is 9.57. The van der Waals surface area contributed by atoms with Gasteiger partial charge in [0, 0.05) is 17.6 Å². The monoisotopic (exact) mass is 376 g/mol. The highest BCUT2D eigenvalue weighted by atomic mass is 32.1. The molecule has 0 spiro atoms. The van der Waals surface area contributed by atoms with Crippen molar-refractivity contribution in [2.45, 2.75) is 13.5 Å². The van der Waals surface area contributed by atoms with Crippen molar-refractivity contribution >= 4 is 35.0 Å². The van der Waals surface area contributed by atoms with Gasteiger partial charge in [-0.25, -0.2) is 9.59 Å². The van der Waals surface area contributed by atoms with E-state index < -0.39 is 12.1 Å². The summed E-state index contributed by atoms with van der Waals surface area (Å²) >= 11 is 1.55. The molecule has 1 N–H and O–H groups in total. The Bertz CT molecular complexity index is 761. The number of esters is 1. The van der Waals surface area contributed by atoms with Crippen LogP contribution in [0.1, 0.15) is 22.2 Å². The molecule has 26 heavy (non-hydrogen) atoms. The zero-order valence-electron chi connectivity index (χ0n) is 14.6. The molecule has 0 fully saturated rings. The fraction of sp³-hybridized carbons (Fsp3) is 0.278. The Morgan fingerprint density at radius 3 is 2.65 bits per heavy atom. The van der Waals surface area contributed by atoms with Gasteiger partial charge in [-0.05, 0) is 36.6 Å². The number of hydrogen-bond acceptors (Lipinski definition) is 6. The molecule has 2 aromatic rings. The molecule has 2 rings (SSSR count). The molecular weight excluding hydrogens is 356 g/mol. The first-order chi connectivity index (χ1) is 12.5. The number of nitrogens with zero attached hydrogens (tertiary/aromatic N) is 1. The summed E-state index contributed by atoms with van der Waals surface area (Å²) in [6, 6.07) is 10.1. The number of anilines is 1. The predicted octanol–water partition coefficient (Wildman–Crippen LogP) is 3.13. The van der Waals surface area contributed by atoms with E-state index in [1.54, 1.807) is 43.5 Å². The molecule has 1 heterocycles. The predicted molar refractivity (Wildman–Crippen MR) is 98.2 cm³/mol. The van der Waals surface area contributed by atoms with Crippen LogP contribution < -0.4 is 5.32 Å². The van der Waals surface area contributed by atoms with Gasteiger partial charge in [0.25, 0.3) is 5.91 Å². The van der Waals surface area contributed by atoms with Gasteiger partial charge in [-0.2, -0.15) is 0 Å². The summed E-state index contributed by atoms with van der Waals surface area (Å²) in [7, 11) is 1.65. The minimum absolute atomic E-state index is 0.230. The first-order valence-corrected chi connectivity index (χ1v) is 8.85. The molecule has 1 aromatic carbocycles. The molecule has 0 bridgehead atoms. The van der Waals surface area contributed by atoms with Crippen LogP contribution in [-0.4, -0.2) is 43.1 Å². The zero-order chi connectivity index (χ0) is 18.9. The van der Waals surface area contributed by atoms with Crippen molar-refractivity contribution in [1.82, 2.24) is 4.90 Å². The molecular formula is C18H20N2O5S. The number of carbonyl (C=O) groups is 3. The minimum Gasteiger partial charge on any atom is -0.452 e. The van der Waals surface area contributed by atoms with Crippen molar-refractivity contribution in [2.24, 2.45) is 0 Å². The van der Waals surface area contributed by atoms with Crippen molar-refractivity contribution in [3.63, 3.8) is 0 Å². The average molecular weight is 376 g/mol. The largest absolute Gasteiger partial charge is 0.452 e. The average Bonchev–Trinajstić information content (AvgIpc) is 3.12. The first kappa shape index (κ1) is 19.5. The lowest BCUT2D eigenvalue weighted by Crippen LogP contribution is -2.30. The molecule has 0 saturated heterocycles. The smallest absolute Gasteiger partial charge is 0.411 e. The van der Waals surface area contributed by atoms with E-state index in [9.17, 15) is 14.4 Å². The number of rotatable bonds is 7. The molecule has 0 radical (unpaired) electrons. The highest BCUT2D eigenvalue weighted by Gasteiger charge is 2.15. The third-order valence-electron chi connectivity index (χ3n) is 3.35. The quantitative estimate of drug-likeness (QED) is 0.751. The summed E-state index contributed by atoms with van der Waals surface area (Å²) in [5.41, 5.74) is 0.632. The van der Waals surface area contributed by atoms with E-state index >= 15 is 0 Å². The summed E-state index contributed by atoms with van der Waals surface area (Å²) in [4.78, 5) is 38.1. The van der Waals surface area contributed by atoms with Gasteiger partial charge in [0.2, 0.25) is 0 Å². The number of benzene rings is 1. The maximum atomic E-state index is 12.1. The van der Waals surface area contributed by atoms with Gasteiger partial charge in [0.05, 0.1) is 18.7 Å². The SMILES string of the molecule is CCOC(=O)Nc1cccc(C(=O)OCC(=O)N(C)Cc2cccs2)c1. The third kappa shape index (κ3) is 5.89. The lowest BCUT2D eigenvalue weighted by Gasteiger charge is -2.16. The number of carbonyl (C=O) groups excluding carboxylic acids is 3. The van der Waals surface area contributed by atoms with Crippen LogP contribution in [0.25, 0.3) is 0 Å². The molecule has 0 aliphatic carbocycles. The van der Waals surface area contributed by atoms with Gasteiger partial charge in [0.1, 0.15) is 0 Å². The van der Waals surface area contributed by atoms with Crippen LogP contribution in [0.2, 0.25) is 0 Å². The lowest BCUT2D eigenvalue weighted by molar-refractivity contribution is -0.133. The molecule has 138 valence electrons. The van der Waals surface area contributed by atoms with Crippen LogP contribution in [0.15, 0.2) is 41.8 Å². The summed E-state index contributed by atoms with van der Waals surface area (Å²) < 4.78 is 9.85. The van der Waals surface area contributed by atoms with Gasteiger partial charge >= 0.3 is 12.1 Å². The maximum absolute atomic E-state index is 12.1. The summed E-state index contributed by atoms with van der Waals surface area (Å²) in [6.07, 6.45) is -0.608. The first-order valence-electron chi connectivity index (χ1n) is 7.97. The van der Waals surface area contributed by atoms with Gasteiger partial charge in [0.15, 0.2) is 6.61 Å². The highest BCUT2D eigenvalue weighted by molar-refractivity contribution is 7.09. The van der Waals surface area contributed by atoms with E-state index in [0.717, 1.165) is 4.88 Å². The second-order valence-corrected chi connectivity index (χ2v) is 6.36. The van der Waals surface area contributed by atoms with Gasteiger partial charge in [-0.3, -0.25) is 10.1 Å². The molecule has 0 aliphatic heterocycles. The number of likely N-dealkylation sites (N-methyl/N-ethyl adjacent to an activating group) is 1. The normalized spacial score (nSPS) is 10.1. The standard InChI is InChI=1S/C18H20N2O5S/c1-3-24-18(23)19-14-7-4-6-13(10-14)17(22)25-12-16(21)20(2)11-15-8-5-9-26-15/h4-10H,3,11-12H2,1-2H3,(H,19,23). The van der Waals surface area contributed by atoms with Gasteiger partial charge < -0.3 is 14.4 Å². The van der Waals surface area contributed by atoms with Crippen LogP contribution in [0.3, 0.4) is 0 Å². The number of hydrogen-bond donors (Lipinski definition) is 1. The Hall–Kier alpha value is -2.87.